The average molecular weight is 284 g/mol. The predicted octanol–water partition coefficient (Wildman–Crippen LogP) is 2.54. The molecule has 4 nitrogen and oxygen atoms in total. The fourth-order valence-electron chi connectivity index (χ4n) is 1.66. The van der Waals surface area contributed by atoms with Gasteiger partial charge in [0.2, 0.25) is 10.0 Å². The molecule has 0 saturated carbocycles. The highest BCUT2D eigenvalue weighted by Crippen LogP contribution is 2.26. The van der Waals surface area contributed by atoms with Gasteiger partial charge in [0.15, 0.2) is 0 Å². The molecule has 1 rings (SSSR count). The number of anilines is 1. The van der Waals surface area contributed by atoms with Crippen molar-refractivity contribution in [2.75, 3.05) is 12.3 Å². The Hall–Kier alpha value is -1.07. The van der Waals surface area contributed by atoms with Crippen molar-refractivity contribution >= 4 is 15.7 Å². The van der Waals surface area contributed by atoms with Crippen molar-refractivity contribution in [3.63, 3.8) is 0 Å². The molecule has 0 fully saturated rings. The zero-order valence-corrected chi connectivity index (χ0v) is 13.1. The van der Waals surface area contributed by atoms with E-state index in [1.165, 1.54) is 0 Å². The Labute approximate surface area is 116 Å². The Morgan fingerprint density at radius 2 is 1.89 bits per heavy atom. The molecule has 0 radical (unpaired) electrons. The van der Waals surface area contributed by atoms with Gasteiger partial charge in [-0.05, 0) is 29.9 Å². The van der Waals surface area contributed by atoms with Gasteiger partial charge in [-0.3, -0.25) is 0 Å². The van der Waals surface area contributed by atoms with Gasteiger partial charge in [-0.1, -0.05) is 39.8 Å². The number of hydrogen-bond donors (Lipinski definition) is 2. The number of sulfonamides is 1. The monoisotopic (exact) mass is 284 g/mol. The van der Waals surface area contributed by atoms with Crippen molar-refractivity contribution in [2.45, 2.75) is 39.5 Å². The molecule has 3 N–H and O–H groups in total. The lowest BCUT2D eigenvalue weighted by Gasteiger charge is -2.27. The maximum Gasteiger partial charge on any atom is 0.242 e. The summed E-state index contributed by atoms with van der Waals surface area (Å²) < 4.78 is 27.3. The number of nitrogens with two attached hydrogens (primary N) is 1. The molecule has 0 heterocycles. The zero-order chi connectivity index (χ0) is 14.8. The predicted molar refractivity (Wildman–Crippen MR) is 79.4 cm³/mol. The molecule has 19 heavy (non-hydrogen) atoms. The van der Waals surface area contributed by atoms with Crippen LogP contribution < -0.4 is 10.5 Å². The molecule has 0 saturated heterocycles. The fraction of sp³-hybridized carbons (Fsp3) is 0.571. The van der Waals surface area contributed by atoms with Gasteiger partial charge >= 0.3 is 0 Å². The summed E-state index contributed by atoms with van der Waals surface area (Å²) in [5.41, 5.74) is 6.79. The molecular formula is C14H24N2O2S. The minimum atomic E-state index is -3.55. The van der Waals surface area contributed by atoms with E-state index in [1.807, 2.05) is 6.92 Å². The molecule has 108 valence electrons. The van der Waals surface area contributed by atoms with Crippen LogP contribution >= 0.6 is 0 Å². The molecule has 0 aliphatic heterocycles. The zero-order valence-electron chi connectivity index (χ0n) is 12.3. The standard InChI is InChI=1S/C14H24N2O2S/c1-10-7-6-8-12(15)13(10)19(17,18)16-9-11(2)14(3,4)5/h6-8,11,16H,9,15H2,1-5H3. The number of nitrogens with one attached hydrogen (secondary N) is 1. The Balaban J connectivity index is 2.95. The van der Waals surface area contributed by atoms with Crippen LogP contribution in [0, 0.1) is 18.3 Å². The molecule has 0 aliphatic rings. The van der Waals surface area contributed by atoms with E-state index in [1.54, 1.807) is 25.1 Å². The van der Waals surface area contributed by atoms with Crippen LogP contribution in [0.15, 0.2) is 23.1 Å². The SMILES string of the molecule is Cc1cccc(N)c1S(=O)(=O)NCC(C)C(C)(C)C. The second-order valence-corrected chi connectivity index (χ2v) is 7.82. The third kappa shape index (κ3) is 3.94. The highest BCUT2D eigenvalue weighted by Gasteiger charge is 2.24. The first-order valence-corrected chi connectivity index (χ1v) is 7.89. The van der Waals surface area contributed by atoms with Crippen molar-refractivity contribution in [1.82, 2.24) is 4.72 Å². The molecular weight excluding hydrogens is 260 g/mol. The maximum absolute atomic E-state index is 12.3. The molecule has 1 atom stereocenters. The van der Waals surface area contributed by atoms with Gasteiger partial charge in [0.05, 0.1) is 5.69 Å². The Kier molecular flexibility index (Phi) is 4.63. The van der Waals surface area contributed by atoms with E-state index < -0.39 is 10.0 Å². The minimum absolute atomic E-state index is 0.0554. The second-order valence-electron chi connectivity index (χ2n) is 6.11. The summed E-state index contributed by atoms with van der Waals surface area (Å²) in [6.07, 6.45) is 0. The molecule has 1 aromatic carbocycles. The van der Waals surface area contributed by atoms with Crippen molar-refractivity contribution in [3.8, 4) is 0 Å². The molecule has 0 aliphatic carbocycles. The van der Waals surface area contributed by atoms with Gasteiger partial charge in [-0.25, -0.2) is 13.1 Å². The molecule has 0 aromatic heterocycles. The molecule has 5 heteroatoms. The van der Waals surface area contributed by atoms with Crippen LogP contribution in [0.1, 0.15) is 33.3 Å². The van der Waals surface area contributed by atoms with Crippen molar-refractivity contribution in [3.05, 3.63) is 23.8 Å². The fourth-order valence-corrected chi connectivity index (χ4v) is 3.14. The smallest absolute Gasteiger partial charge is 0.242 e. The average Bonchev–Trinajstić information content (AvgIpc) is 2.24. The number of nitrogen functional groups attached to an aromatic ring is 1. The van der Waals surface area contributed by atoms with Crippen LogP contribution in [0.2, 0.25) is 0 Å². The Morgan fingerprint density at radius 3 is 2.37 bits per heavy atom. The van der Waals surface area contributed by atoms with E-state index >= 15 is 0 Å². The second kappa shape index (κ2) is 5.51. The summed E-state index contributed by atoms with van der Waals surface area (Å²) in [7, 11) is -3.55. The Bertz CT molecular complexity index is 525. The lowest BCUT2D eigenvalue weighted by molar-refractivity contribution is 0.263. The highest BCUT2D eigenvalue weighted by molar-refractivity contribution is 7.89. The van der Waals surface area contributed by atoms with E-state index in [0.29, 0.717) is 12.1 Å². The van der Waals surface area contributed by atoms with Gasteiger partial charge in [0.1, 0.15) is 4.90 Å². The first-order chi connectivity index (χ1) is 8.55. The lowest BCUT2D eigenvalue weighted by Crippen LogP contribution is -2.34. The van der Waals surface area contributed by atoms with Gasteiger partial charge in [0.25, 0.3) is 0 Å². The number of rotatable bonds is 4. The van der Waals surface area contributed by atoms with E-state index in [0.717, 1.165) is 0 Å². The number of hydrogen-bond acceptors (Lipinski definition) is 3. The van der Waals surface area contributed by atoms with Crippen LogP contribution in [-0.4, -0.2) is 15.0 Å². The number of benzene rings is 1. The molecule has 1 aromatic rings. The summed E-state index contributed by atoms with van der Waals surface area (Å²) in [4.78, 5) is 0.191. The van der Waals surface area contributed by atoms with Crippen LogP contribution in [0.5, 0.6) is 0 Å². The normalized spacial score (nSPS) is 14.4. The van der Waals surface area contributed by atoms with E-state index in [4.69, 9.17) is 5.73 Å². The van der Waals surface area contributed by atoms with E-state index in [9.17, 15) is 8.42 Å². The van der Waals surface area contributed by atoms with Crippen LogP contribution in [0.4, 0.5) is 5.69 Å². The third-order valence-corrected chi connectivity index (χ3v) is 5.21. The van der Waals surface area contributed by atoms with Crippen molar-refractivity contribution in [1.29, 1.82) is 0 Å². The number of aryl methyl sites for hydroxylation is 1. The molecule has 0 bridgehead atoms. The van der Waals surface area contributed by atoms with E-state index in [-0.39, 0.29) is 21.9 Å². The first kappa shape index (κ1) is 16.0. The summed E-state index contributed by atoms with van der Waals surface area (Å²) in [6, 6.07) is 5.11. The summed E-state index contributed by atoms with van der Waals surface area (Å²) >= 11 is 0. The first-order valence-electron chi connectivity index (χ1n) is 6.40. The maximum atomic E-state index is 12.3. The van der Waals surface area contributed by atoms with E-state index in [2.05, 4.69) is 25.5 Å². The highest BCUT2D eigenvalue weighted by atomic mass is 32.2. The van der Waals surface area contributed by atoms with Gasteiger partial charge in [0, 0.05) is 6.54 Å². The largest absolute Gasteiger partial charge is 0.398 e. The summed E-state index contributed by atoms with van der Waals surface area (Å²) in [6.45, 7) is 10.5. The van der Waals surface area contributed by atoms with Gasteiger partial charge in [-0.2, -0.15) is 0 Å². The summed E-state index contributed by atoms with van der Waals surface area (Å²) in [5.74, 6) is 0.229. The van der Waals surface area contributed by atoms with Gasteiger partial charge in [-0.15, -0.1) is 0 Å². The molecule has 0 spiro atoms. The van der Waals surface area contributed by atoms with Crippen LogP contribution in [0.3, 0.4) is 0 Å². The van der Waals surface area contributed by atoms with Gasteiger partial charge < -0.3 is 5.73 Å². The van der Waals surface area contributed by atoms with Crippen LogP contribution in [-0.2, 0) is 10.0 Å². The quantitative estimate of drug-likeness (QED) is 0.835. The topological polar surface area (TPSA) is 72.2 Å². The van der Waals surface area contributed by atoms with Crippen LogP contribution in [0.25, 0.3) is 0 Å². The summed E-state index contributed by atoms with van der Waals surface area (Å²) in [5, 5.41) is 0. The minimum Gasteiger partial charge on any atom is -0.398 e. The Morgan fingerprint density at radius 1 is 1.32 bits per heavy atom. The lowest BCUT2D eigenvalue weighted by atomic mass is 9.82. The molecule has 0 amide bonds. The molecule has 1 unspecified atom stereocenters. The third-order valence-electron chi connectivity index (χ3n) is 3.57. The van der Waals surface area contributed by atoms with Crippen molar-refractivity contribution < 1.29 is 8.42 Å². The van der Waals surface area contributed by atoms with Crippen molar-refractivity contribution in [2.24, 2.45) is 11.3 Å².